The highest BCUT2D eigenvalue weighted by molar-refractivity contribution is 7.05. The highest BCUT2D eigenvalue weighted by Crippen LogP contribution is 2.49. The van der Waals surface area contributed by atoms with Gasteiger partial charge in [0.1, 0.15) is 57.5 Å². The fourth-order valence-electron chi connectivity index (χ4n) is 13.6. The molecule has 0 aliphatic carbocycles. The molecule has 8 heterocycles. The van der Waals surface area contributed by atoms with Gasteiger partial charge in [-0.3, -0.25) is 0 Å². The van der Waals surface area contributed by atoms with Crippen molar-refractivity contribution in [1.82, 2.24) is 0 Å². The Morgan fingerprint density at radius 1 is 0.239 bits per heavy atom. The maximum Gasteiger partial charge on any atom is 0.260 e. The first-order valence-electron chi connectivity index (χ1n) is 24.4. The van der Waals surface area contributed by atoms with E-state index in [9.17, 15) is 0 Å². The molecule has 0 unspecified atom stereocenters. The zero-order chi connectivity index (χ0) is 45.8. The fraction of sp³-hybridized carbons (Fsp3) is 0. The lowest BCUT2D eigenvalue weighted by molar-refractivity contribution is 0.456. The van der Waals surface area contributed by atoms with Crippen LogP contribution in [0.2, 0.25) is 0 Å². The summed E-state index contributed by atoms with van der Waals surface area (Å²) in [5.41, 5.74) is 20.6. The van der Waals surface area contributed by atoms with E-state index >= 15 is 0 Å². The fourth-order valence-corrected chi connectivity index (χ4v) is 13.6. The molecule has 0 radical (unpaired) electrons. The van der Waals surface area contributed by atoms with Crippen LogP contribution in [0.15, 0.2) is 194 Å². The lowest BCUT2D eigenvalue weighted by atomic mass is 9.28. The average molecular weight is 904 g/mol. The maximum atomic E-state index is 7.42. The molecule has 7 nitrogen and oxygen atoms in total. The molecule has 71 heavy (non-hydrogen) atoms. The number of fused-ring (bicyclic) bond motifs is 18. The van der Waals surface area contributed by atoms with Crippen LogP contribution in [0.25, 0.3) is 0 Å². The summed E-state index contributed by atoms with van der Waals surface area (Å²) in [4.78, 5) is 4.98. The number of nitrogens with zero attached hydrogens (tertiary/aromatic N) is 2. The largest absolute Gasteiger partial charge is 0.458 e. The Hall–Kier alpha value is -8.94. The Morgan fingerprint density at radius 2 is 0.662 bits per heavy atom. The zero-order valence-electron chi connectivity index (χ0n) is 37.7. The van der Waals surface area contributed by atoms with Gasteiger partial charge in [-0.1, -0.05) is 115 Å². The Bertz CT molecular complexity index is 4130. The summed E-state index contributed by atoms with van der Waals surface area (Å²) in [6.07, 6.45) is 0. The molecule has 11 heteroatoms. The second-order valence-corrected chi connectivity index (χ2v) is 19.7. The molecule has 0 spiro atoms. The molecule has 324 valence electrons. The average Bonchev–Trinajstić information content (AvgIpc) is 3.42. The Balaban J connectivity index is 0.925. The topological polar surface area (TPSA) is 52.6 Å². The van der Waals surface area contributed by atoms with Gasteiger partial charge >= 0.3 is 0 Å². The molecule has 8 aliphatic heterocycles. The lowest BCUT2D eigenvalue weighted by Gasteiger charge is -2.49. The van der Waals surface area contributed by atoms with Crippen molar-refractivity contribution in [1.29, 1.82) is 0 Å². The molecular formula is C60H32B4N2O5. The molecule has 0 aromatic heterocycles. The van der Waals surface area contributed by atoms with Gasteiger partial charge in [-0.25, -0.2) is 0 Å². The minimum atomic E-state index is -0.152. The summed E-state index contributed by atoms with van der Waals surface area (Å²) in [5.74, 6) is 8.32. The second kappa shape index (κ2) is 13.0. The lowest BCUT2D eigenvalue weighted by Crippen LogP contribution is -2.69. The van der Waals surface area contributed by atoms with Crippen LogP contribution >= 0.6 is 0 Å². The normalized spacial score (nSPS) is 14.9. The van der Waals surface area contributed by atoms with Crippen LogP contribution in [0.4, 0.5) is 34.1 Å². The first kappa shape index (κ1) is 37.0. The van der Waals surface area contributed by atoms with Crippen LogP contribution in [0.1, 0.15) is 0 Å². The van der Waals surface area contributed by atoms with Gasteiger partial charge in [0.15, 0.2) is 0 Å². The van der Waals surface area contributed by atoms with Gasteiger partial charge < -0.3 is 33.5 Å². The quantitative estimate of drug-likeness (QED) is 0.183. The van der Waals surface area contributed by atoms with E-state index in [1.807, 2.05) is 18.2 Å². The van der Waals surface area contributed by atoms with E-state index < -0.39 is 0 Å². The Labute approximate surface area is 409 Å². The summed E-state index contributed by atoms with van der Waals surface area (Å²) in [6, 6.07) is 69.6. The van der Waals surface area contributed by atoms with Crippen molar-refractivity contribution in [3.05, 3.63) is 194 Å². The van der Waals surface area contributed by atoms with E-state index in [0.717, 1.165) is 135 Å². The van der Waals surface area contributed by atoms with Crippen LogP contribution in [-0.2, 0) is 0 Å². The van der Waals surface area contributed by atoms with Crippen LogP contribution in [0.3, 0.4) is 0 Å². The first-order chi connectivity index (χ1) is 35.2. The molecule has 0 fully saturated rings. The van der Waals surface area contributed by atoms with Crippen LogP contribution in [0, 0.1) is 0 Å². The van der Waals surface area contributed by atoms with Gasteiger partial charge in [0.2, 0.25) is 0 Å². The summed E-state index contributed by atoms with van der Waals surface area (Å²) in [6.45, 7) is -0.433. The third-order valence-corrected chi connectivity index (χ3v) is 16.3. The second-order valence-electron chi connectivity index (χ2n) is 19.7. The van der Waals surface area contributed by atoms with E-state index in [-0.39, 0.29) is 26.9 Å². The van der Waals surface area contributed by atoms with Crippen LogP contribution in [0.5, 0.6) is 57.5 Å². The van der Waals surface area contributed by atoms with Crippen molar-refractivity contribution in [2.45, 2.75) is 0 Å². The summed E-state index contributed by atoms with van der Waals surface area (Å²) in [5, 5.41) is 0. The molecular weight excluding hydrogens is 872 g/mol. The molecule has 0 atom stereocenters. The number of hydrogen-bond donors (Lipinski definition) is 0. The standard InChI is InChI=1S/C60H32B4N2O5/c1-2-14-33(15-3-1)65-42-20-8-4-16-34(42)61-38-28-39-52(69-50-26-12-24-48-57(50)63(39)36-18-6-10-22-46(36)67-48)30-44(38)66-43-21-9-5-17-35(43)62-40-29-41-53(32-54(40)71-55-31-45(65)56(61)60(66)59(55)62)70-51-27-13-25-49-58(51)64(41)37-19-7-11-23-47(37)68-49/h1-32H. The Kier molecular flexibility index (Phi) is 6.79. The predicted molar refractivity (Wildman–Crippen MR) is 287 cm³/mol. The van der Waals surface area contributed by atoms with Crippen molar-refractivity contribution in [2.75, 3.05) is 9.80 Å². The zero-order valence-corrected chi connectivity index (χ0v) is 37.7. The number of ether oxygens (including phenoxy) is 5. The third-order valence-electron chi connectivity index (χ3n) is 16.3. The molecule has 10 aromatic rings. The molecule has 0 N–H and O–H groups in total. The molecule has 0 saturated carbocycles. The van der Waals surface area contributed by atoms with Gasteiger partial charge in [-0.05, 0) is 115 Å². The number of para-hydroxylation sites is 5. The number of benzene rings is 10. The minimum absolute atomic E-state index is 0.0761. The van der Waals surface area contributed by atoms with E-state index in [1.165, 1.54) is 21.9 Å². The van der Waals surface area contributed by atoms with Gasteiger partial charge in [0.25, 0.3) is 26.9 Å². The molecule has 0 amide bonds. The van der Waals surface area contributed by atoms with Crippen molar-refractivity contribution in [3.63, 3.8) is 0 Å². The van der Waals surface area contributed by atoms with Crippen molar-refractivity contribution in [3.8, 4) is 57.5 Å². The maximum absolute atomic E-state index is 7.42. The number of hydrogen-bond acceptors (Lipinski definition) is 7. The van der Waals surface area contributed by atoms with Gasteiger partial charge in [0, 0.05) is 63.2 Å². The molecule has 10 aromatic carbocycles. The van der Waals surface area contributed by atoms with Crippen LogP contribution < -0.4 is 99.0 Å². The highest BCUT2D eigenvalue weighted by atomic mass is 16.5. The van der Waals surface area contributed by atoms with E-state index in [4.69, 9.17) is 23.7 Å². The Morgan fingerprint density at radius 3 is 1.27 bits per heavy atom. The van der Waals surface area contributed by atoms with Crippen molar-refractivity contribution >= 4 is 127 Å². The van der Waals surface area contributed by atoms with Gasteiger partial charge in [-0.15, -0.1) is 0 Å². The first-order valence-corrected chi connectivity index (χ1v) is 24.4. The van der Waals surface area contributed by atoms with Crippen molar-refractivity contribution in [2.24, 2.45) is 0 Å². The summed E-state index contributed by atoms with van der Waals surface area (Å²) in [7, 11) is 0. The molecule has 8 aliphatic rings. The smallest absolute Gasteiger partial charge is 0.260 e. The van der Waals surface area contributed by atoms with E-state index in [1.54, 1.807) is 0 Å². The SMILES string of the molecule is c1ccc(N2c3ccccc3B3c4cc5c(cc4N4c6ccccc6B6c7cc8c(cc7Oc7cc2c3c4c76)Oc2cccc3c2B8c2ccccc2O3)Oc2cccc3c2B5c2ccccc2O3)cc1. The molecule has 18 rings (SSSR count). The molecule has 0 saturated heterocycles. The van der Waals surface area contributed by atoms with E-state index in [0.29, 0.717) is 0 Å². The highest BCUT2D eigenvalue weighted by Gasteiger charge is 2.53. The van der Waals surface area contributed by atoms with Crippen LogP contribution in [-0.4, -0.2) is 26.9 Å². The summed E-state index contributed by atoms with van der Waals surface area (Å²) < 4.78 is 34.5. The summed E-state index contributed by atoms with van der Waals surface area (Å²) >= 11 is 0. The minimum Gasteiger partial charge on any atom is -0.458 e. The predicted octanol–water partition coefficient (Wildman–Crippen LogP) is 6.16. The van der Waals surface area contributed by atoms with Gasteiger partial charge in [-0.2, -0.15) is 0 Å². The van der Waals surface area contributed by atoms with Crippen molar-refractivity contribution < 1.29 is 23.7 Å². The third kappa shape index (κ3) is 4.60. The monoisotopic (exact) mass is 904 g/mol. The van der Waals surface area contributed by atoms with E-state index in [2.05, 4.69) is 186 Å². The number of anilines is 6. The molecule has 0 bridgehead atoms. The number of rotatable bonds is 1. The van der Waals surface area contributed by atoms with Gasteiger partial charge in [0.05, 0.1) is 0 Å².